The van der Waals surface area contributed by atoms with Gasteiger partial charge in [-0.2, -0.15) is 0 Å². The first-order valence-corrected chi connectivity index (χ1v) is 8.23. The summed E-state index contributed by atoms with van der Waals surface area (Å²) in [5, 5.41) is 3.18. The summed E-state index contributed by atoms with van der Waals surface area (Å²) in [7, 11) is 1.93. The van der Waals surface area contributed by atoms with Gasteiger partial charge in [0, 0.05) is 44.7 Å². The van der Waals surface area contributed by atoms with E-state index in [1.807, 2.05) is 7.05 Å². The summed E-state index contributed by atoms with van der Waals surface area (Å²) < 4.78 is 0. The summed E-state index contributed by atoms with van der Waals surface area (Å²) in [5.74, 6) is 3.31. The van der Waals surface area contributed by atoms with Crippen LogP contribution in [0.4, 0.5) is 11.6 Å². The number of rotatable bonds is 3. The van der Waals surface area contributed by atoms with Crippen molar-refractivity contribution in [2.75, 3.05) is 43.4 Å². The summed E-state index contributed by atoms with van der Waals surface area (Å²) in [6, 6.07) is 2.80. The van der Waals surface area contributed by atoms with Crippen molar-refractivity contribution in [1.82, 2.24) is 14.9 Å². The first-order chi connectivity index (χ1) is 10.2. The zero-order valence-electron chi connectivity index (χ0n) is 13.5. The normalized spacial score (nSPS) is 23.2. The van der Waals surface area contributed by atoms with Gasteiger partial charge in [0.05, 0.1) is 0 Å². The second-order valence-electron chi connectivity index (χ2n) is 6.51. The topological polar surface area (TPSA) is 44.3 Å². The van der Waals surface area contributed by atoms with E-state index < -0.39 is 0 Å². The van der Waals surface area contributed by atoms with Gasteiger partial charge in [0.25, 0.3) is 0 Å². The largest absolute Gasteiger partial charge is 0.373 e. The minimum Gasteiger partial charge on any atom is -0.373 e. The second-order valence-corrected chi connectivity index (χ2v) is 6.51. The van der Waals surface area contributed by atoms with E-state index in [-0.39, 0.29) is 0 Å². The maximum absolute atomic E-state index is 4.82. The summed E-state index contributed by atoms with van der Waals surface area (Å²) in [6.07, 6.45) is 3.91. The maximum Gasteiger partial charge on any atom is 0.135 e. The van der Waals surface area contributed by atoms with E-state index in [0.29, 0.717) is 12.0 Å². The lowest BCUT2D eigenvalue weighted by atomic mass is 10.2. The fraction of sp³-hybridized carbons (Fsp3) is 0.750. The van der Waals surface area contributed by atoms with Gasteiger partial charge in [-0.05, 0) is 25.8 Å². The van der Waals surface area contributed by atoms with Crippen LogP contribution in [0.25, 0.3) is 0 Å². The molecular weight excluding hydrogens is 262 g/mol. The molecule has 5 heteroatoms. The van der Waals surface area contributed by atoms with Crippen LogP contribution < -0.4 is 10.2 Å². The predicted octanol–water partition coefficient (Wildman–Crippen LogP) is 2.32. The minimum absolute atomic E-state index is 0.354. The lowest BCUT2D eigenvalue weighted by Crippen LogP contribution is -2.37. The highest BCUT2D eigenvalue weighted by molar-refractivity contribution is 5.49. The van der Waals surface area contributed by atoms with E-state index in [4.69, 9.17) is 4.98 Å². The van der Waals surface area contributed by atoms with Crippen LogP contribution in [0.2, 0.25) is 0 Å². The molecule has 116 valence electrons. The molecule has 3 rings (SSSR count). The number of aromatic nitrogens is 2. The number of anilines is 2. The molecule has 2 aliphatic rings. The quantitative estimate of drug-likeness (QED) is 0.925. The third-order valence-corrected chi connectivity index (χ3v) is 4.63. The van der Waals surface area contributed by atoms with Crippen molar-refractivity contribution in [2.24, 2.45) is 0 Å². The molecule has 2 aliphatic heterocycles. The molecule has 0 aromatic carbocycles. The second kappa shape index (κ2) is 6.18. The van der Waals surface area contributed by atoms with Crippen molar-refractivity contribution < 1.29 is 0 Å². The summed E-state index contributed by atoms with van der Waals surface area (Å²) in [4.78, 5) is 14.5. The van der Waals surface area contributed by atoms with E-state index >= 15 is 0 Å². The Balaban J connectivity index is 1.86. The van der Waals surface area contributed by atoms with Crippen molar-refractivity contribution in [2.45, 2.75) is 45.1 Å². The first-order valence-electron chi connectivity index (χ1n) is 8.23. The highest BCUT2D eigenvalue weighted by Crippen LogP contribution is 2.26. The van der Waals surface area contributed by atoms with Gasteiger partial charge in [-0.15, -0.1) is 0 Å². The lowest BCUT2D eigenvalue weighted by Gasteiger charge is -2.27. The lowest BCUT2D eigenvalue weighted by molar-refractivity contribution is 0.273. The van der Waals surface area contributed by atoms with Crippen molar-refractivity contribution in [3.8, 4) is 0 Å². The molecule has 0 spiro atoms. The van der Waals surface area contributed by atoms with Crippen molar-refractivity contribution >= 4 is 11.6 Å². The Morgan fingerprint density at radius 1 is 1.19 bits per heavy atom. The van der Waals surface area contributed by atoms with Crippen LogP contribution in [0.1, 0.15) is 44.9 Å². The van der Waals surface area contributed by atoms with E-state index in [1.165, 1.54) is 32.4 Å². The average molecular weight is 289 g/mol. The minimum atomic E-state index is 0.354. The number of hydrogen-bond acceptors (Lipinski definition) is 5. The SMILES string of the molecule is CNc1cc(N2CCCN3CCCC3C2)nc(C(C)C)n1. The van der Waals surface area contributed by atoms with Crippen LogP contribution >= 0.6 is 0 Å². The van der Waals surface area contributed by atoms with Gasteiger partial charge < -0.3 is 10.2 Å². The molecule has 0 amide bonds. The molecule has 3 heterocycles. The molecule has 5 nitrogen and oxygen atoms in total. The zero-order chi connectivity index (χ0) is 14.8. The molecule has 2 fully saturated rings. The van der Waals surface area contributed by atoms with Crippen LogP contribution in [-0.2, 0) is 0 Å². The molecule has 0 bridgehead atoms. The molecule has 1 aromatic rings. The third kappa shape index (κ3) is 3.12. The van der Waals surface area contributed by atoms with Crippen molar-refractivity contribution in [3.05, 3.63) is 11.9 Å². The van der Waals surface area contributed by atoms with Gasteiger partial charge >= 0.3 is 0 Å². The fourth-order valence-electron chi connectivity index (χ4n) is 3.42. The Hall–Kier alpha value is -1.36. The number of nitrogens with zero attached hydrogens (tertiary/aromatic N) is 4. The summed E-state index contributed by atoms with van der Waals surface area (Å²) in [6.45, 7) is 9.03. The molecule has 21 heavy (non-hydrogen) atoms. The smallest absolute Gasteiger partial charge is 0.135 e. The third-order valence-electron chi connectivity index (χ3n) is 4.63. The molecule has 1 N–H and O–H groups in total. The Bertz CT molecular complexity index is 488. The van der Waals surface area contributed by atoms with Crippen molar-refractivity contribution in [3.63, 3.8) is 0 Å². The number of fused-ring (bicyclic) bond motifs is 1. The van der Waals surface area contributed by atoms with Crippen LogP contribution in [0.5, 0.6) is 0 Å². The molecule has 0 saturated carbocycles. The van der Waals surface area contributed by atoms with Gasteiger partial charge in [0.1, 0.15) is 17.5 Å². The maximum atomic E-state index is 4.82. The van der Waals surface area contributed by atoms with Gasteiger partial charge in [-0.25, -0.2) is 9.97 Å². The standard InChI is InChI=1S/C16H27N5/c1-12(2)16-18-14(17-3)10-15(19-16)21-9-5-8-20-7-4-6-13(20)11-21/h10,12-13H,4-9,11H2,1-3H3,(H,17,18,19). The average Bonchev–Trinajstić information content (AvgIpc) is 2.83. The monoisotopic (exact) mass is 289 g/mol. The molecule has 2 saturated heterocycles. The van der Waals surface area contributed by atoms with E-state index in [9.17, 15) is 0 Å². The molecule has 1 aromatic heterocycles. The molecular formula is C16H27N5. The molecule has 0 radical (unpaired) electrons. The highest BCUT2D eigenvalue weighted by Gasteiger charge is 2.29. The van der Waals surface area contributed by atoms with Crippen LogP contribution in [-0.4, -0.2) is 54.1 Å². The summed E-state index contributed by atoms with van der Waals surface area (Å²) in [5.41, 5.74) is 0. The first kappa shape index (κ1) is 14.6. The fourth-order valence-corrected chi connectivity index (χ4v) is 3.42. The van der Waals surface area contributed by atoms with E-state index in [1.54, 1.807) is 0 Å². The highest BCUT2D eigenvalue weighted by atomic mass is 15.3. The van der Waals surface area contributed by atoms with Crippen LogP contribution in [0, 0.1) is 0 Å². The van der Waals surface area contributed by atoms with E-state index in [0.717, 1.165) is 30.5 Å². The Morgan fingerprint density at radius 2 is 2.00 bits per heavy atom. The Morgan fingerprint density at radius 3 is 2.76 bits per heavy atom. The van der Waals surface area contributed by atoms with Gasteiger partial charge in [-0.3, -0.25) is 4.90 Å². The van der Waals surface area contributed by atoms with E-state index in [2.05, 4.69) is 40.0 Å². The zero-order valence-corrected chi connectivity index (χ0v) is 13.5. The van der Waals surface area contributed by atoms with Gasteiger partial charge in [0.15, 0.2) is 0 Å². The molecule has 0 aliphatic carbocycles. The van der Waals surface area contributed by atoms with Crippen molar-refractivity contribution in [1.29, 1.82) is 0 Å². The number of nitrogens with one attached hydrogen (secondary N) is 1. The Labute approximate surface area is 127 Å². The molecule has 1 unspecified atom stereocenters. The Kier molecular flexibility index (Phi) is 4.29. The number of hydrogen-bond donors (Lipinski definition) is 1. The summed E-state index contributed by atoms with van der Waals surface area (Å²) >= 11 is 0. The van der Waals surface area contributed by atoms with Crippen LogP contribution in [0.15, 0.2) is 6.07 Å². The van der Waals surface area contributed by atoms with Gasteiger partial charge in [-0.1, -0.05) is 13.8 Å². The van der Waals surface area contributed by atoms with Crippen LogP contribution in [0.3, 0.4) is 0 Å². The van der Waals surface area contributed by atoms with Gasteiger partial charge in [0.2, 0.25) is 0 Å². The molecule has 1 atom stereocenters. The predicted molar refractivity (Wildman–Crippen MR) is 87.1 cm³/mol.